The number of phosphoric acid groups is 1. The van der Waals surface area contributed by atoms with Crippen LogP contribution in [0.15, 0.2) is 60.8 Å². The maximum atomic E-state index is 12.6. The minimum absolute atomic E-state index is 0.0400. The van der Waals surface area contributed by atoms with Crippen LogP contribution in [-0.4, -0.2) is 70.0 Å². The number of esters is 2. The SMILES string of the molecule is CC/C=C\C/C=C\C/C=C\C/C=C\CCCCCCC(=O)O[C@H](COC(=O)CCCCCCC/C=C\CCCC)COP(=O)([O-])OCC[N+](C)(C)C. The number of carbonyl (C=O) groups is 2. The first-order chi connectivity index (χ1) is 25.0. The lowest BCUT2D eigenvalue weighted by atomic mass is 10.1. The second-order valence-corrected chi connectivity index (χ2v) is 15.7. The quantitative estimate of drug-likeness (QED) is 0.0207. The monoisotopic (exact) mass is 752 g/mol. The van der Waals surface area contributed by atoms with E-state index in [1.54, 1.807) is 0 Å². The van der Waals surface area contributed by atoms with E-state index in [1.807, 2.05) is 21.1 Å². The predicted octanol–water partition coefficient (Wildman–Crippen LogP) is 10.3. The van der Waals surface area contributed by atoms with E-state index in [2.05, 4.69) is 74.6 Å². The molecule has 9 nitrogen and oxygen atoms in total. The normalized spacial score (nSPS) is 14.3. The van der Waals surface area contributed by atoms with Crippen molar-refractivity contribution in [2.75, 3.05) is 47.5 Å². The van der Waals surface area contributed by atoms with E-state index in [4.69, 9.17) is 18.5 Å². The Bertz CT molecular complexity index is 1080. The number of rotatable bonds is 35. The van der Waals surface area contributed by atoms with Gasteiger partial charge in [-0.15, -0.1) is 0 Å². The van der Waals surface area contributed by atoms with Gasteiger partial charge in [0.1, 0.15) is 19.8 Å². The van der Waals surface area contributed by atoms with Crippen LogP contribution in [0.4, 0.5) is 0 Å². The van der Waals surface area contributed by atoms with Gasteiger partial charge in [0.25, 0.3) is 7.82 Å². The van der Waals surface area contributed by atoms with Gasteiger partial charge in [0, 0.05) is 12.8 Å². The Morgan fingerprint density at radius 1 is 0.615 bits per heavy atom. The van der Waals surface area contributed by atoms with Crippen molar-refractivity contribution in [3.05, 3.63) is 60.8 Å². The largest absolute Gasteiger partial charge is 0.756 e. The van der Waals surface area contributed by atoms with Gasteiger partial charge >= 0.3 is 11.9 Å². The van der Waals surface area contributed by atoms with E-state index < -0.39 is 32.5 Å². The fraction of sp³-hybridized carbons (Fsp3) is 0.714. The second kappa shape index (κ2) is 34.5. The van der Waals surface area contributed by atoms with Gasteiger partial charge in [0.2, 0.25) is 0 Å². The zero-order valence-corrected chi connectivity index (χ0v) is 34.4. The summed E-state index contributed by atoms with van der Waals surface area (Å²) >= 11 is 0. The van der Waals surface area contributed by atoms with Crippen molar-refractivity contribution in [2.24, 2.45) is 0 Å². The summed E-state index contributed by atoms with van der Waals surface area (Å²) in [7, 11) is 1.13. The van der Waals surface area contributed by atoms with Crippen LogP contribution in [0.3, 0.4) is 0 Å². The summed E-state index contributed by atoms with van der Waals surface area (Å²) in [5.41, 5.74) is 0. The third-order valence-electron chi connectivity index (χ3n) is 8.02. The van der Waals surface area contributed by atoms with Crippen LogP contribution in [0.2, 0.25) is 0 Å². The van der Waals surface area contributed by atoms with Gasteiger partial charge in [0.15, 0.2) is 6.10 Å². The molecule has 0 aliphatic rings. The minimum atomic E-state index is -4.63. The first-order valence-corrected chi connectivity index (χ1v) is 21.5. The first-order valence-electron chi connectivity index (χ1n) is 20.0. The molecule has 0 fully saturated rings. The van der Waals surface area contributed by atoms with Crippen molar-refractivity contribution in [3.8, 4) is 0 Å². The molecule has 0 saturated carbocycles. The summed E-state index contributed by atoms with van der Waals surface area (Å²) in [5, 5.41) is 0. The van der Waals surface area contributed by atoms with Crippen LogP contribution in [0.25, 0.3) is 0 Å². The fourth-order valence-electron chi connectivity index (χ4n) is 4.86. The maximum Gasteiger partial charge on any atom is 0.306 e. The van der Waals surface area contributed by atoms with Crippen molar-refractivity contribution < 1.29 is 42.1 Å². The van der Waals surface area contributed by atoms with E-state index in [-0.39, 0.29) is 26.1 Å². The Balaban J connectivity index is 4.48. The van der Waals surface area contributed by atoms with Crippen molar-refractivity contribution in [2.45, 2.75) is 148 Å². The number of quaternary nitrogens is 1. The third-order valence-corrected chi connectivity index (χ3v) is 8.99. The summed E-state index contributed by atoms with van der Waals surface area (Å²) < 4.78 is 33.7. The summed E-state index contributed by atoms with van der Waals surface area (Å²) in [6, 6.07) is 0. The molecule has 2 atom stereocenters. The van der Waals surface area contributed by atoms with Crippen molar-refractivity contribution in [1.82, 2.24) is 0 Å². The molecule has 0 rings (SSSR count). The number of nitrogens with zero attached hydrogens (tertiary/aromatic N) is 1. The lowest BCUT2D eigenvalue weighted by Gasteiger charge is -2.28. The molecule has 0 aromatic carbocycles. The molecule has 0 aliphatic carbocycles. The average molecular weight is 752 g/mol. The van der Waals surface area contributed by atoms with Gasteiger partial charge in [-0.25, -0.2) is 0 Å². The van der Waals surface area contributed by atoms with Gasteiger partial charge in [-0.1, -0.05) is 120 Å². The van der Waals surface area contributed by atoms with Crippen LogP contribution in [0.5, 0.6) is 0 Å². The highest BCUT2D eigenvalue weighted by molar-refractivity contribution is 7.45. The number of ether oxygens (including phenoxy) is 2. The summed E-state index contributed by atoms with van der Waals surface area (Å²) in [5.74, 6) is -0.881. The van der Waals surface area contributed by atoms with Crippen LogP contribution in [-0.2, 0) is 32.7 Å². The molecule has 0 heterocycles. The number of allylic oxidation sites excluding steroid dienone is 10. The zero-order chi connectivity index (χ0) is 38.6. The van der Waals surface area contributed by atoms with Gasteiger partial charge in [-0.2, -0.15) is 0 Å². The number of hydrogen-bond donors (Lipinski definition) is 0. The topological polar surface area (TPSA) is 111 Å². The van der Waals surface area contributed by atoms with Gasteiger partial charge in [0.05, 0.1) is 27.7 Å². The number of hydrogen-bond acceptors (Lipinski definition) is 8. The van der Waals surface area contributed by atoms with Crippen LogP contribution < -0.4 is 4.89 Å². The molecule has 10 heteroatoms. The molecular formula is C42H74NO8P. The fourth-order valence-corrected chi connectivity index (χ4v) is 5.59. The molecule has 0 amide bonds. The molecule has 0 spiro atoms. The lowest BCUT2D eigenvalue weighted by molar-refractivity contribution is -0.870. The van der Waals surface area contributed by atoms with Gasteiger partial charge < -0.3 is 27.9 Å². The van der Waals surface area contributed by atoms with Gasteiger partial charge in [-0.3, -0.25) is 14.2 Å². The van der Waals surface area contributed by atoms with E-state index in [0.717, 1.165) is 89.9 Å². The Labute approximate surface area is 317 Å². The molecular weight excluding hydrogens is 677 g/mol. The summed E-state index contributed by atoms with van der Waals surface area (Å²) in [6.07, 6.45) is 39.6. The highest BCUT2D eigenvalue weighted by atomic mass is 31.2. The molecule has 300 valence electrons. The van der Waals surface area contributed by atoms with E-state index in [0.29, 0.717) is 23.9 Å². The highest BCUT2D eigenvalue weighted by Crippen LogP contribution is 2.38. The molecule has 52 heavy (non-hydrogen) atoms. The van der Waals surface area contributed by atoms with E-state index in [1.165, 1.54) is 12.8 Å². The lowest BCUT2D eigenvalue weighted by Crippen LogP contribution is -2.37. The third kappa shape index (κ3) is 37.5. The number of unbranched alkanes of at least 4 members (excludes halogenated alkanes) is 11. The molecule has 1 unspecified atom stereocenters. The van der Waals surface area contributed by atoms with Crippen LogP contribution >= 0.6 is 7.82 Å². The molecule has 0 radical (unpaired) electrons. The molecule has 0 aliphatic heterocycles. The Morgan fingerprint density at radius 2 is 1.10 bits per heavy atom. The Morgan fingerprint density at radius 3 is 1.65 bits per heavy atom. The number of likely N-dealkylation sites (N-methyl/N-ethyl adjacent to an activating group) is 1. The van der Waals surface area contributed by atoms with Crippen molar-refractivity contribution >= 4 is 19.8 Å². The zero-order valence-electron chi connectivity index (χ0n) is 33.5. The van der Waals surface area contributed by atoms with E-state index >= 15 is 0 Å². The highest BCUT2D eigenvalue weighted by Gasteiger charge is 2.21. The minimum Gasteiger partial charge on any atom is -0.756 e. The smallest absolute Gasteiger partial charge is 0.306 e. The molecule has 0 aromatic rings. The average Bonchev–Trinajstić information content (AvgIpc) is 3.09. The van der Waals surface area contributed by atoms with Crippen molar-refractivity contribution in [3.63, 3.8) is 0 Å². The van der Waals surface area contributed by atoms with Crippen molar-refractivity contribution in [1.29, 1.82) is 0 Å². The van der Waals surface area contributed by atoms with Gasteiger partial charge in [-0.05, 0) is 70.6 Å². The molecule has 0 N–H and O–H groups in total. The summed E-state index contributed by atoms with van der Waals surface area (Å²) in [6.45, 7) is 4.00. The van der Waals surface area contributed by atoms with E-state index in [9.17, 15) is 19.0 Å². The molecule has 0 bridgehead atoms. The number of carbonyl (C=O) groups excluding carboxylic acids is 2. The Hall–Kier alpha value is -2.29. The maximum absolute atomic E-state index is 12.6. The van der Waals surface area contributed by atoms with Crippen LogP contribution in [0, 0.1) is 0 Å². The standard InChI is InChI=1S/C42H74NO8P/c1-6-8-10-12-14-16-18-19-20-21-22-23-25-27-29-31-33-35-42(45)51-40(39-50-52(46,47)49-37-36-43(3,4)5)38-48-41(44)34-32-30-28-26-24-17-15-13-11-9-7-2/h8,10,13-16,19-20,22-23,40H,6-7,9,11-12,17-18,21,24-39H2,1-5H3/b10-8-,15-13-,16-14-,20-19-,23-22-/t40-/m1/s1. The molecule has 0 saturated heterocycles. The number of phosphoric ester groups is 1. The Kier molecular flexibility index (Phi) is 33.0. The van der Waals surface area contributed by atoms with Crippen LogP contribution in [0.1, 0.15) is 142 Å². The second-order valence-electron chi connectivity index (χ2n) is 14.3. The predicted molar refractivity (Wildman–Crippen MR) is 213 cm³/mol. The molecule has 0 aromatic heterocycles. The first kappa shape index (κ1) is 49.7. The summed E-state index contributed by atoms with van der Waals surface area (Å²) in [4.78, 5) is 37.4.